The van der Waals surface area contributed by atoms with E-state index in [2.05, 4.69) is 10.1 Å². The van der Waals surface area contributed by atoms with E-state index in [0.29, 0.717) is 12.1 Å². The lowest BCUT2D eigenvalue weighted by molar-refractivity contribution is -0.274. The Morgan fingerprint density at radius 3 is 2.45 bits per heavy atom. The van der Waals surface area contributed by atoms with Gasteiger partial charge >= 0.3 is 6.36 Å². The summed E-state index contributed by atoms with van der Waals surface area (Å²) in [5.74, 6) is -0.358. The molecule has 0 radical (unpaired) electrons. The number of benzene rings is 1. The van der Waals surface area contributed by atoms with Crippen molar-refractivity contribution in [3.63, 3.8) is 0 Å². The minimum absolute atomic E-state index is 0.205. The van der Waals surface area contributed by atoms with Crippen molar-refractivity contribution in [2.45, 2.75) is 11.9 Å². The molecular weight excluding hydrogens is 297 g/mol. The summed E-state index contributed by atoms with van der Waals surface area (Å²) in [6.07, 6.45) is -4.26. The highest BCUT2D eigenvalue weighted by Gasteiger charge is 2.31. The predicted octanol–water partition coefficient (Wildman–Crippen LogP) is 1.69. The van der Waals surface area contributed by atoms with Crippen LogP contribution in [0.1, 0.15) is 0 Å². The van der Waals surface area contributed by atoms with E-state index in [1.54, 1.807) is 0 Å². The number of amides is 2. The molecule has 1 unspecified atom stereocenters. The molecule has 2 rings (SSSR count). The number of ether oxygens (including phenoxy) is 1. The lowest BCUT2D eigenvalue weighted by Crippen LogP contribution is -2.40. The number of rotatable bonds is 4. The summed E-state index contributed by atoms with van der Waals surface area (Å²) in [5, 5.41) is 2.56. The number of anilines is 1. The summed E-state index contributed by atoms with van der Waals surface area (Å²) in [6, 6.07) is 4.81. The Labute approximate surface area is 116 Å². The minimum Gasteiger partial charge on any atom is -0.406 e. The Morgan fingerprint density at radius 1 is 1.35 bits per heavy atom. The van der Waals surface area contributed by atoms with Gasteiger partial charge in [0.2, 0.25) is 12.3 Å². The second-order valence-corrected chi connectivity index (χ2v) is 4.85. The SMILES string of the molecule is O=CN(c1ccc(OC(F)(F)F)cc1)C1NC(=O)CS1. The molecule has 0 saturated carbocycles. The van der Waals surface area contributed by atoms with E-state index in [-0.39, 0.29) is 17.4 Å². The van der Waals surface area contributed by atoms with Crippen LogP contribution < -0.4 is 15.0 Å². The highest BCUT2D eigenvalue weighted by Crippen LogP contribution is 2.28. The van der Waals surface area contributed by atoms with Crippen molar-refractivity contribution in [3.8, 4) is 5.75 Å². The second-order valence-electron chi connectivity index (χ2n) is 3.79. The molecule has 0 bridgehead atoms. The summed E-state index contributed by atoms with van der Waals surface area (Å²) in [5.41, 5.74) is -0.205. The number of hydrogen-bond acceptors (Lipinski definition) is 4. The summed E-state index contributed by atoms with van der Waals surface area (Å²) >= 11 is 1.21. The van der Waals surface area contributed by atoms with Crippen LogP contribution in [0.15, 0.2) is 24.3 Å². The van der Waals surface area contributed by atoms with Gasteiger partial charge in [0, 0.05) is 5.69 Å². The Balaban J connectivity index is 2.11. The Morgan fingerprint density at radius 2 is 2.00 bits per heavy atom. The van der Waals surface area contributed by atoms with Crippen LogP contribution in [0.5, 0.6) is 5.75 Å². The van der Waals surface area contributed by atoms with Gasteiger partial charge in [-0.2, -0.15) is 0 Å². The van der Waals surface area contributed by atoms with Crippen LogP contribution in [-0.2, 0) is 9.59 Å². The van der Waals surface area contributed by atoms with Crippen molar-refractivity contribution < 1.29 is 27.5 Å². The molecule has 0 aromatic heterocycles. The zero-order chi connectivity index (χ0) is 14.8. The van der Waals surface area contributed by atoms with Crippen molar-refractivity contribution in [1.82, 2.24) is 5.32 Å². The molecule has 1 atom stereocenters. The number of nitrogens with one attached hydrogen (secondary N) is 1. The van der Waals surface area contributed by atoms with Crippen molar-refractivity contribution in [2.75, 3.05) is 10.7 Å². The van der Waals surface area contributed by atoms with Gasteiger partial charge in [-0.05, 0) is 24.3 Å². The maximum absolute atomic E-state index is 12.0. The molecular formula is C11H9F3N2O3S. The van der Waals surface area contributed by atoms with Crippen molar-refractivity contribution >= 4 is 29.8 Å². The van der Waals surface area contributed by atoms with E-state index in [1.807, 2.05) is 0 Å². The molecule has 2 amide bonds. The lowest BCUT2D eigenvalue weighted by atomic mass is 10.3. The topological polar surface area (TPSA) is 58.6 Å². The number of carbonyl (C=O) groups excluding carboxylic acids is 2. The fourth-order valence-electron chi connectivity index (χ4n) is 1.60. The average molecular weight is 306 g/mol. The quantitative estimate of drug-likeness (QED) is 0.860. The van der Waals surface area contributed by atoms with E-state index in [1.165, 1.54) is 28.8 Å². The molecule has 1 aromatic carbocycles. The van der Waals surface area contributed by atoms with Gasteiger partial charge in [0.05, 0.1) is 5.75 Å². The molecule has 20 heavy (non-hydrogen) atoms. The third-order valence-corrected chi connectivity index (χ3v) is 3.48. The first-order valence-corrected chi connectivity index (χ1v) is 6.44. The summed E-state index contributed by atoms with van der Waals surface area (Å²) in [6.45, 7) is 0. The molecule has 1 fully saturated rings. The van der Waals surface area contributed by atoms with Gasteiger partial charge in [-0.3, -0.25) is 14.5 Å². The fourth-order valence-corrected chi connectivity index (χ4v) is 2.54. The van der Waals surface area contributed by atoms with Crippen LogP contribution in [0, 0.1) is 0 Å². The van der Waals surface area contributed by atoms with Crippen LogP contribution in [0.2, 0.25) is 0 Å². The average Bonchev–Trinajstić information content (AvgIpc) is 2.77. The fraction of sp³-hybridized carbons (Fsp3) is 0.273. The largest absolute Gasteiger partial charge is 0.573 e. The molecule has 1 N–H and O–H groups in total. The third-order valence-electron chi connectivity index (χ3n) is 2.39. The zero-order valence-corrected chi connectivity index (χ0v) is 10.7. The Hall–Kier alpha value is -1.90. The molecule has 1 aliphatic rings. The third kappa shape index (κ3) is 3.56. The summed E-state index contributed by atoms with van der Waals surface area (Å²) < 4.78 is 39.8. The van der Waals surface area contributed by atoms with Gasteiger partial charge in [0.25, 0.3) is 0 Å². The molecule has 1 heterocycles. The highest BCUT2D eigenvalue weighted by atomic mass is 32.2. The summed E-state index contributed by atoms with van der Waals surface area (Å²) in [7, 11) is 0. The maximum atomic E-state index is 12.0. The van der Waals surface area contributed by atoms with Crippen molar-refractivity contribution in [3.05, 3.63) is 24.3 Å². The maximum Gasteiger partial charge on any atom is 0.573 e. The smallest absolute Gasteiger partial charge is 0.406 e. The van der Waals surface area contributed by atoms with Gasteiger partial charge in [0.1, 0.15) is 5.75 Å². The number of alkyl halides is 3. The number of halogens is 3. The molecule has 5 nitrogen and oxygen atoms in total. The highest BCUT2D eigenvalue weighted by molar-refractivity contribution is 8.01. The number of carbonyl (C=O) groups is 2. The first-order chi connectivity index (χ1) is 9.39. The van der Waals surface area contributed by atoms with Gasteiger partial charge in [0.15, 0.2) is 5.50 Å². The first kappa shape index (κ1) is 14.5. The molecule has 0 aliphatic carbocycles. The molecule has 1 saturated heterocycles. The van der Waals surface area contributed by atoms with E-state index in [9.17, 15) is 22.8 Å². The van der Waals surface area contributed by atoms with Crippen LogP contribution in [-0.4, -0.2) is 29.9 Å². The number of nitrogens with zero attached hydrogens (tertiary/aromatic N) is 1. The zero-order valence-electron chi connectivity index (χ0n) is 9.89. The number of hydrogen-bond donors (Lipinski definition) is 1. The Kier molecular flexibility index (Phi) is 4.07. The van der Waals surface area contributed by atoms with E-state index in [0.717, 1.165) is 12.1 Å². The van der Waals surface area contributed by atoms with E-state index < -0.39 is 11.9 Å². The minimum atomic E-state index is -4.76. The van der Waals surface area contributed by atoms with Crippen LogP contribution in [0.3, 0.4) is 0 Å². The van der Waals surface area contributed by atoms with Crippen molar-refractivity contribution in [2.24, 2.45) is 0 Å². The molecule has 108 valence electrons. The summed E-state index contributed by atoms with van der Waals surface area (Å²) in [4.78, 5) is 23.4. The first-order valence-electron chi connectivity index (χ1n) is 5.39. The van der Waals surface area contributed by atoms with Gasteiger partial charge < -0.3 is 10.1 Å². The van der Waals surface area contributed by atoms with Gasteiger partial charge in [-0.15, -0.1) is 24.9 Å². The monoisotopic (exact) mass is 306 g/mol. The van der Waals surface area contributed by atoms with E-state index >= 15 is 0 Å². The van der Waals surface area contributed by atoms with Crippen LogP contribution in [0.4, 0.5) is 18.9 Å². The van der Waals surface area contributed by atoms with Crippen LogP contribution >= 0.6 is 11.8 Å². The molecule has 0 spiro atoms. The lowest BCUT2D eigenvalue weighted by Gasteiger charge is -2.23. The number of thioether (sulfide) groups is 1. The molecule has 1 aromatic rings. The standard InChI is InChI=1S/C11H9F3N2O3S/c12-11(13,14)19-8-3-1-7(2-4-8)16(6-17)10-15-9(18)5-20-10/h1-4,6,10H,5H2,(H,15,18). The van der Waals surface area contributed by atoms with Crippen LogP contribution in [0.25, 0.3) is 0 Å². The van der Waals surface area contributed by atoms with Crippen molar-refractivity contribution in [1.29, 1.82) is 0 Å². The van der Waals surface area contributed by atoms with E-state index in [4.69, 9.17) is 0 Å². The normalized spacial score (nSPS) is 18.6. The Bertz CT molecular complexity index is 507. The predicted molar refractivity (Wildman–Crippen MR) is 66.1 cm³/mol. The molecule has 9 heteroatoms. The van der Waals surface area contributed by atoms with Gasteiger partial charge in [-0.1, -0.05) is 0 Å². The molecule has 1 aliphatic heterocycles. The van der Waals surface area contributed by atoms with Gasteiger partial charge in [-0.25, -0.2) is 0 Å². The second kappa shape index (κ2) is 5.61.